The highest BCUT2D eigenvalue weighted by Crippen LogP contribution is 2.21. The second-order valence-corrected chi connectivity index (χ2v) is 5.47. The lowest BCUT2D eigenvalue weighted by atomic mass is 10.1. The topological polar surface area (TPSA) is 24.5 Å². The number of hydrogen-bond donors (Lipinski definition) is 1. The van der Waals surface area contributed by atoms with Crippen LogP contribution >= 0.6 is 0 Å². The molecule has 1 aromatic carbocycles. The summed E-state index contributed by atoms with van der Waals surface area (Å²) in [7, 11) is 1.55. The second-order valence-electron chi connectivity index (χ2n) is 5.47. The Labute approximate surface area is 121 Å². The molecule has 3 nitrogen and oxygen atoms in total. The van der Waals surface area contributed by atoms with Crippen molar-refractivity contribution in [3.05, 3.63) is 29.6 Å². The highest BCUT2D eigenvalue weighted by molar-refractivity contribution is 5.30. The van der Waals surface area contributed by atoms with Gasteiger partial charge in [0.25, 0.3) is 0 Å². The standard InChI is InChI=1S/C16H25FN2O/c1-13(15-7-6-14(20-2)12-16(15)17)18-8-11-19-9-4-3-5-10-19/h6-7,12-13,18H,3-5,8-11H2,1-2H3. The van der Waals surface area contributed by atoms with Crippen LogP contribution in [-0.2, 0) is 0 Å². The van der Waals surface area contributed by atoms with Crippen LogP contribution < -0.4 is 10.1 Å². The summed E-state index contributed by atoms with van der Waals surface area (Å²) in [6, 6.07) is 5.07. The lowest BCUT2D eigenvalue weighted by molar-refractivity contribution is 0.226. The van der Waals surface area contributed by atoms with Gasteiger partial charge in [0.1, 0.15) is 11.6 Å². The first kappa shape index (κ1) is 15.3. The van der Waals surface area contributed by atoms with E-state index in [-0.39, 0.29) is 11.9 Å². The molecule has 1 aliphatic heterocycles. The van der Waals surface area contributed by atoms with E-state index in [4.69, 9.17) is 4.74 Å². The molecule has 112 valence electrons. The van der Waals surface area contributed by atoms with Gasteiger partial charge < -0.3 is 15.0 Å². The molecule has 1 atom stereocenters. The number of hydrogen-bond acceptors (Lipinski definition) is 3. The van der Waals surface area contributed by atoms with Crippen molar-refractivity contribution in [2.45, 2.75) is 32.2 Å². The van der Waals surface area contributed by atoms with Crippen LogP contribution in [0.4, 0.5) is 4.39 Å². The number of nitrogens with zero attached hydrogens (tertiary/aromatic N) is 1. The number of ether oxygens (including phenoxy) is 1. The van der Waals surface area contributed by atoms with E-state index in [9.17, 15) is 4.39 Å². The quantitative estimate of drug-likeness (QED) is 0.867. The number of piperidine rings is 1. The Morgan fingerprint density at radius 2 is 2.05 bits per heavy atom. The predicted molar refractivity (Wildman–Crippen MR) is 79.7 cm³/mol. The van der Waals surface area contributed by atoms with E-state index < -0.39 is 0 Å². The Morgan fingerprint density at radius 1 is 1.30 bits per heavy atom. The summed E-state index contributed by atoms with van der Waals surface area (Å²) in [5, 5.41) is 3.40. The van der Waals surface area contributed by atoms with Crippen LogP contribution in [-0.4, -0.2) is 38.2 Å². The average Bonchev–Trinajstić information content (AvgIpc) is 2.48. The third kappa shape index (κ3) is 4.18. The fraction of sp³-hybridized carbons (Fsp3) is 0.625. The van der Waals surface area contributed by atoms with E-state index in [0.717, 1.165) is 13.1 Å². The molecule has 1 unspecified atom stereocenters. The molecule has 0 bridgehead atoms. The van der Waals surface area contributed by atoms with Gasteiger partial charge in [0.05, 0.1) is 7.11 Å². The molecule has 1 aliphatic rings. The van der Waals surface area contributed by atoms with Gasteiger partial charge in [-0.1, -0.05) is 12.5 Å². The Balaban J connectivity index is 1.80. The zero-order valence-corrected chi connectivity index (χ0v) is 12.5. The summed E-state index contributed by atoms with van der Waals surface area (Å²) < 4.78 is 19.0. The van der Waals surface area contributed by atoms with Crippen LogP contribution in [0.25, 0.3) is 0 Å². The van der Waals surface area contributed by atoms with Gasteiger partial charge in [-0.25, -0.2) is 4.39 Å². The van der Waals surface area contributed by atoms with E-state index in [2.05, 4.69) is 10.2 Å². The number of nitrogens with one attached hydrogen (secondary N) is 1. The molecule has 1 N–H and O–H groups in total. The smallest absolute Gasteiger partial charge is 0.131 e. The largest absolute Gasteiger partial charge is 0.497 e. The van der Waals surface area contributed by atoms with Crippen LogP contribution in [0.5, 0.6) is 5.75 Å². The highest BCUT2D eigenvalue weighted by atomic mass is 19.1. The molecule has 0 amide bonds. The Bertz CT molecular complexity index is 419. The summed E-state index contributed by atoms with van der Waals surface area (Å²) in [5.41, 5.74) is 0.699. The number of halogens is 1. The number of methoxy groups -OCH3 is 1. The van der Waals surface area contributed by atoms with Gasteiger partial charge in [-0.05, 0) is 38.9 Å². The molecule has 1 fully saturated rings. The maximum Gasteiger partial charge on any atom is 0.131 e. The lowest BCUT2D eigenvalue weighted by Crippen LogP contribution is -2.36. The number of rotatable bonds is 6. The van der Waals surface area contributed by atoms with Crippen molar-refractivity contribution < 1.29 is 9.13 Å². The van der Waals surface area contributed by atoms with Gasteiger partial charge in [-0.3, -0.25) is 0 Å². The highest BCUT2D eigenvalue weighted by Gasteiger charge is 2.13. The first-order valence-corrected chi connectivity index (χ1v) is 7.50. The van der Waals surface area contributed by atoms with Crippen LogP contribution in [0.1, 0.15) is 37.8 Å². The first-order valence-electron chi connectivity index (χ1n) is 7.50. The predicted octanol–water partition coefficient (Wildman–Crippen LogP) is 2.97. The number of benzene rings is 1. The molecule has 4 heteroatoms. The number of likely N-dealkylation sites (tertiary alicyclic amines) is 1. The molecule has 0 radical (unpaired) electrons. The Hall–Kier alpha value is -1.13. The fourth-order valence-electron chi connectivity index (χ4n) is 2.72. The first-order chi connectivity index (χ1) is 9.70. The van der Waals surface area contributed by atoms with Crippen molar-refractivity contribution in [3.8, 4) is 5.75 Å². The summed E-state index contributed by atoms with van der Waals surface area (Å²) in [4.78, 5) is 2.48. The monoisotopic (exact) mass is 280 g/mol. The molecule has 0 saturated carbocycles. The van der Waals surface area contributed by atoms with Gasteiger partial charge in [-0.2, -0.15) is 0 Å². The Kier molecular flexibility index (Phi) is 5.80. The molecular formula is C16H25FN2O. The molecular weight excluding hydrogens is 255 g/mol. The van der Waals surface area contributed by atoms with Crippen molar-refractivity contribution in [2.24, 2.45) is 0 Å². The van der Waals surface area contributed by atoms with E-state index in [0.29, 0.717) is 11.3 Å². The van der Waals surface area contributed by atoms with Crippen molar-refractivity contribution >= 4 is 0 Å². The van der Waals surface area contributed by atoms with E-state index >= 15 is 0 Å². The maximum absolute atomic E-state index is 13.9. The maximum atomic E-state index is 13.9. The van der Waals surface area contributed by atoms with E-state index in [1.807, 2.05) is 6.92 Å². The molecule has 20 heavy (non-hydrogen) atoms. The summed E-state index contributed by atoms with van der Waals surface area (Å²) >= 11 is 0. The zero-order chi connectivity index (χ0) is 14.4. The van der Waals surface area contributed by atoms with E-state index in [1.54, 1.807) is 19.2 Å². The van der Waals surface area contributed by atoms with Crippen LogP contribution in [0.2, 0.25) is 0 Å². The third-order valence-corrected chi connectivity index (χ3v) is 4.00. The van der Waals surface area contributed by atoms with Crippen LogP contribution in [0, 0.1) is 5.82 Å². The van der Waals surface area contributed by atoms with Gasteiger partial charge in [0.2, 0.25) is 0 Å². The molecule has 1 heterocycles. The second kappa shape index (κ2) is 7.60. The van der Waals surface area contributed by atoms with Gasteiger partial charge in [-0.15, -0.1) is 0 Å². The minimum absolute atomic E-state index is 0.0192. The summed E-state index contributed by atoms with van der Waals surface area (Å²) in [6.07, 6.45) is 3.97. The normalized spacial score (nSPS) is 17.9. The average molecular weight is 280 g/mol. The molecule has 1 saturated heterocycles. The summed E-state index contributed by atoms with van der Waals surface area (Å²) in [6.45, 7) is 6.34. The SMILES string of the molecule is COc1ccc(C(C)NCCN2CCCCC2)c(F)c1. The molecule has 0 aliphatic carbocycles. The van der Waals surface area contributed by atoms with Crippen molar-refractivity contribution in [2.75, 3.05) is 33.3 Å². The minimum Gasteiger partial charge on any atom is -0.497 e. The van der Waals surface area contributed by atoms with Crippen LogP contribution in [0.3, 0.4) is 0 Å². The van der Waals surface area contributed by atoms with Gasteiger partial charge >= 0.3 is 0 Å². The van der Waals surface area contributed by atoms with Crippen LogP contribution in [0.15, 0.2) is 18.2 Å². The van der Waals surface area contributed by atoms with E-state index in [1.165, 1.54) is 38.4 Å². The summed E-state index contributed by atoms with van der Waals surface area (Å²) in [5.74, 6) is 0.356. The fourth-order valence-corrected chi connectivity index (χ4v) is 2.72. The van der Waals surface area contributed by atoms with Gasteiger partial charge in [0.15, 0.2) is 0 Å². The van der Waals surface area contributed by atoms with Gasteiger partial charge in [0, 0.05) is 30.8 Å². The minimum atomic E-state index is -0.206. The Morgan fingerprint density at radius 3 is 2.70 bits per heavy atom. The zero-order valence-electron chi connectivity index (χ0n) is 12.5. The van der Waals surface area contributed by atoms with Crippen molar-refractivity contribution in [3.63, 3.8) is 0 Å². The van der Waals surface area contributed by atoms with Crippen molar-refractivity contribution in [1.29, 1.82) is 0 Å². The molecule has 2 rings (SSSR count). The third-order valence-electron chi connectivity index (χ3n) is 4.00. The van der Waals surface area contributed by atoms with Crippen molar-refractivity contribution in [1.82, 2.24) is 10.2 Å². The molecule has 1 aromatic rings. The molecule has 0 spiro atoms. The lowest BCUT2D eigenvalue weighted by Gasteiger charge is -2.27. The molecule has 0 aromatic heterocycles.